The first-order valence-electron chi connectivity index (χ1n) is 23.2. The Morgan fingerprint density at radius 3 is 1.04 bits per heavy atom. The second-order valence-electron chi connectivity index (χ2n) is 15.8. The zero-order valence-electron chi connectivity index (χ0n) is 35.1. The maximum absolute atomic E-state index is 12.2. The van der Waals surface area contributed by atoms with Crippen LogP contribution in [0.15, 0.2) is 12.2 Å². The number of hydrogen-bond donors (Lipinski definition) is 1. The largest absolute Gasteiger partial charge is 0.462 e. The topological polar surface area (TPSA) is 72.8 Å². The number of esters is 2. The predicted molar refractivity (Wildman–Crippen MR) is 224 cm³/mol. The third-order valence-electron chi connectivity index (χ3n) is 10.6. The molecule has 0 aromatic rings. The second kappa shape index (κ2) is 44.0. The summed E-state index contributed by atoms with van der Waals surface area (Å²) >= 11 is 0. The van der Waals surface area contributed by atoms with Gasteiger partial charge in [0.05, 0.1) is 6.61 Å². The SMILES string of the molecule is CCCCCCCC/C=C/CCCCCCCCCC(=O)O[C@@H](CO)COC(=O)CCCCCCCCCCCCCCCCCCCCCCC. The highest BCUT2D eigenvalue weighted by Crippen LogP contribution is 2.16. The predicted octanol–water partition coefficient (Wildman–Crippen LogP) is 14.9. The Labute approximate surface area is 324 Å². The molecule has 0 saturated carbocycles. The van der Waals surface area contributed by atoms with Crippen LogP contribution in [0.3, 0.4) is 0 Å². The summed E-state index contributed by atoms with van der Waals surface area (Å²) in [6.07, 6.45) is 51.5. The lowest BCUT2D eigenvalue weighted by Crippen LogP contribution is -2.28. The lowest BCUT2D eigenvalue weighted by atomic mass is 10.0. The Bertz CT molecular complexity index is 750. The molecule has 0 amide bonds. The van der Waals surface area contributed by atoms with Gasteiger partial charge in [0.25, 0.3) is 0 Å². The van der Waals surface area contributed by atoms with Crippen LogP contribution in [-0.2, 0) is 19.1 Å². The summed E-state index contributed by atoms with van der Waals surface area (Å²) < 4.78 is 10.7. The first kappa shape index (κ1) is 50.6. The van der Waals surface area contributed by atoms with Crippen molar-refractivity contribution in [2.75, 3.05) is 13.2 Å². The fourth-order valence-corrected chi connectivity index (χ4v) is 7.02. The molecule has 0 saturated heterocycles. The average Bonchev–Trinajstić information content (AvgIpc) is 3.15. The van der Waals surface area contributed by atoms with Crippen LogP contribution in [0.4, 0.5) is 0 Å². The molecule has 0 heterocycles. The molecule has 0 fully saturated rings. The van der Waals surface area contributed by atoms with Gasteiger partial charge in [0, 0.05) is 12.8 Å². The number of ether oxygens (including phenoxy) is 2. The highest BCUT2D eigenvalue weighted by atomic mass is 16.6. The van der Waals surface area contributed by atoms with E-state index in [1.165, 1.54) is 199 Å². The second-order valence-corrected chi connectivity index (χ2v) is 15.8. The number of carbonyl (C=O) groups excluding carboxylic acids is 2. The van der Waals surface area contributed by atoms with Crippen LogP contribution in [0.2, 0.25) is 0 Å². The zero-order chi connectivity index (χ0) is 37.8. The minimum Gasteiger partial charge on any atom is -0.462 e. The molecule has 0 aliphatic rings. The van der Waals surface area contributed by atoms with Crippen molar-refractivity contribution in [2.45, 2.75) is 264 Å². The minimum atomic E-state index is -0.768. The van der Waals surface area contributed by atoms with E-state index in [9.17, 15) is 14.7 Å². The van der Waals surface area contributed by atoms with Gasteiger partial charge in [-0.25, -0.2) is 0 Å². The molecule has 0 rings (SSSR count). The third kappa shape index (κ3) is 41.4. The van der Waals surface area contributed by atoms with Crippen LogP contribution >= 0.6 is 0 Å². The van der Waals surface area contributed by atoms with Gasteiger partial charge in [0.15, 0.2) is 6.10 Å². The summed E-state index contributed by atoms with van der Waals surface area (Å²) in [6, 6.07) is 0. The average molecular weight is 735 g/mol. The summed E-state index contributed by atoms with van der Waals surface area (Å²) in [5.74, 6) is -0.580. The van der Waals surface area contributed by atoms with E-state index < -0.39 is 6.10 Å². The number of allylic oxidation sites excluding steroid dienone is 2. The van der Waals surface area contributed by atoms with Gasteiger partial charge >= 0.3 is 11.9 Å². The Morgan fingerprint density at radius 2 is 0.712 bits per heavy atom. The van der Waals surface area contributed by atoms with E-state index in [1.807, 2.05) is 0 Å². The van der Waals surface area contributed by atoms with Crippen LogP contribution in [0.25, 0.3) is 0 Å². The zero-order valence-corrected chi connectivity index (χ0v) is 35.1. The van der Waals surface area contributed by atoms with Crippen molar-refractivity contribution < 1.29 is 24.2 Å². The van der Waals surface area contributed by atoms with Gasteiger partial charge in [-0.3, -0.25) is 9.59 Å². The van der Waals surface area contributed by atoms with E-state index in [-0.39, 0.29) is 25.2 Å². The van der Waals surface area contributed by atoms with Gasteiger partial charge in [-0.05, 0) is 38.5 Å². The molecular formula is C47H90O5. The quantitative estimate of drug-likeness (QED) is 0.0383. The molecule has 5 nitrogen and oxygen atoms in total. The third-order valence-corrected chi connectivity index (χ3v) is 10.6. The summed E-state index contributed by atoms with van der Waals surface area (Å²) in [5, 5.41) is 9.59. The molecule has 0 aliphatic carbocycles. The molecule has 0 unspecified atom stereocenters. The van der Waals surface area contributed by atoms with Crippen LogP contribution in [0, 0.1) is 0 Å². The molecule has 1 N–H and O–H groups in total. The maximum Gasteiger partial charge on any atom is 0.306 e. The Kier molecular flexibility index (Phi) is 42.9. The Morgan fingerprint density at radius 1 is 0.423 bits per heavy atom. The van der Waals surface area contributed by atoms with Crippen molar-refractivity contribution in [1.29, 1.82) is 0 Å². The highest BCUT2D eigenvalue weighted by Gasteiger charge is 2.16. The lowest BCUT2D eigenvalue weighted by molar-refractivity contribution is -0.161. The summed E-state index contributed by atoms with van der Waals surface area (Å²) in [7, 11) is 0. The molecule has 5 heteroatoms. The van der Waals surface area contributed by atoms with Crippen molar-refractivity contribution in [3.63, 3.8) is 0 Å². The molecule has 0 aromatic carbocycles. The molecule has 1 atom stereocenters. The van der Waals surface area contributed by atoms with Crippen molar-refractivity contribution in [2.24, 2.45) is 0 Å². The number of rotatable bonds is 43. The molecule has 0 bridgehead atoms. The summed E-state index contributed by atoms with van der Waals surface area (Å²) in [5.41, 5.74) is 0. The first-order chi connectivity index (χ1) is 25.6. The van der Waals surface area contributed by atoms with Gasteiger partial charge in [0.1, 0.15) is 6.61 Å². The first-order valence-corrected chi connectivity index (χ1v) is 23.2. The number of unbranched alkanes of at least 4 members (excludes halogenated alkanes) is 33. The smallest absolute Gasteiger partial charge is 0.306 e. The van der Waals surface area contributed by atoms with Crippen molar-refractivity contribution >= 4 is 11.9 Å². The fourth-order valence-electron chi connectivity index (χ4n) is 7.02. The van der Waals surface area contributed by atoms with E-state index in [0.29, 0.717) is 12.8 Å². The van der Waals surface area contributed by atoms with Gasteiger partial charge in [-0.1, -0.05) is 219 Å². The molecule has 0 radical (unpaired) electrons. The molecule has 52 heavy (non-hydrogen) atoms. The maximum atomic E-state index is 12.2. The van der Waals surface area contributed by atoms with E-state index in [1.54, 1.807) is 0 Å². The molecule has 308 valence electrons. The van der Waals surface area contributed by atoms with Gasteiger partial charge in [-0.2, -0.15) is 0 Å². The Balaban J connectivity index is 3.46. The number of aliphatic hydroxyl groups is 1. The number of aliphatic hydroxyl groups excluding tert-OH is 1. The molecule has 0 aliphatic heterocycles. The Hall–Kier alpha value is -1.36. The normalized spacial score (nSPS) is 12.1. The summed E-state index contributed by atoms with van der Waals surface area (Å²) in [4.78, 5) is 24.4. The minimum absolute atomic E-state index is 0.0609. The molecule has 0 aromatic heterocycles. The summed E-state index contributed by atoms with van der Waals surface area (Å²) in [6.45, 7) is 4.17. The molecule has 0 spiro atoms. The monoisotopic (exact) mass is 735 g/mol. The van der Waals surface area contributed by atoms with Crippen LogP contribution < -0.4 is 0 Å². The van der Waals surface area contributed by atoms with E-state index in [4.69, 9.17) is 9.47 Å². The number of carbonyl (C=O) groups is 2. The van der Waals surface area contributed by atoms with E-state index in [0.717, 1.165) is 32.1 Å². The van der Waals surface area contributed by atoms with Crippen molar-refractivity contribution in [1.82, 2.24) is 0 Å². The highest BCUT2D eigenvalue weighted by molar-refractivity contribution is 5.70. The van der Waals surface area contributed by atoms with E-state index in [2.05, 4.69) is 26.0 Å². The molecular weight excluding hydrogens is 645 g/mol. The van der Waals surface area contributed by atoms with Gasteiger partial charge in [0.2, 0.25) is 0 Å². The van der Waals surface area contributed by atoms with Gasteiger partial charge in [-0.15, -0.1) is 0 Å². The lowest BCUT2D eigenvalue weighted by Gasteiger charge is -2.15. The standard InChI is InChI=1S/C47H90O5/c1-3-5-7-9-11-13-15-17-19-21-22-23-24-26-27-29-31-33-35-37-39-41-46(49)51-44-45(43-48)52-47(50)42-40-38-36-34-32-30-28-25-20-18-16-14-12-10-8-6-4-2/h18,20,45,48H,3-17,19,21-44H2,1-2H3/b20-18+/t45-/m0/s1. The van der Waals surface area contributed by atoms with Crippen LogP contribution in [0.5, 0.6) is 0 Å². The van der Waals surface area contributed by atoms with Crippen molar-refractivity contribution in [3.8, 4) is 0 Å². The van der Waals surface area contributed by atoms with E-state index >= 15 is 0 Å². The van der Waals surface area contributed by atoms with Crippen LogP contribution in [-0.4, -0.2) is 36.4 Å². The van der Waals surface area contributed by atoms with Gasteiger partial charge < -0.3 is 14.6 Å². The number of hydrogen-bond acceptors (Lipinski definition) is 5. The van der Waals surface area contributed by atoms with Crippen LogP contribution in [0.1, 0.15) is 258 Å². The van der Waals surface area contributed by atoms with Crippen molar-refractivity contribution in [3.05, 3.63) is 12.2 Å². The fraction of sp³-hybridized carbons (Fsp3) is 0.915.